The Balaban J connectivity index is 1.44. The molecule has 0 bridgehead atoms. The van der Waals surface area contributed by atoms with E-state index in [0.717, 1.165) is 16.9 Å². The zero-order valence-corrected chi connectivity index (χ0v) is 21.2. The molecule has 36 heavy (non-hydrogen) atoms. The first-order valence-corrected chi connectivity index (χ1v) is 12.6. The first-order chi connectivity index (χ1) is 17.2. The summed E-state index contributed by atoms with van der Waals surface area (Å²) in [5.74, 6) is 0.884. The van der Waals surface area contributed by atoms with Gasteiger partial charge in [0.2, 0.25) is 0 Å². The molecule has 1 aliphatic heterocycles. The molecule has 1 saturated carbocycles. The minimum absolute atomic E-state index is 0.0609. The molecule has 9 heteroatoms. The Kier molecular flexibility index (Phi) is 6.42. The van der Waals surface area contributed by atoms with Crippen LogP contribution in [0.3, 0.4) is 0 Å². The highest BCUT2D eigenvalue weighted by Crippen LogP contribution is 2.37. The van der Waals surface area contributed by atoms with E-state index in [2.05, 4.69) is 20.3 Å². The van der Waals surface area contributed by atoms with Crippen LogP contribution in [0.2, 0.25) is 0 Å². The number of aryl methyl sites for hydroxylation is 2. The number of fused-ring (bicyclic) bond motifs is 1. The van der Waals surface area contributed by atoms with E-state index >= 15 is 0 Å². The summed E-state index contributed by atoms with van der Waals surface area (Å²) in [4.78, 5) is 39.6. The number of hydrogen-bond donors (Lipinski definition) is 3. The average molecular weight is 492 g/mol. The molecule has 2 amide bonds. The highest BCUT2D eigenvalue weighted by Gasteiger charge is 2.35. The summed E-state index contributed by atoms with van der Waals surface area (Å²) in [6.45, 7) is 8.87. The molecule has 0 unspecified atom stereocenters. The van der Waals surface area contributed by atoms with E-state index in [0.29, 0.717) is 53.6 Å². The van der Waals surface area contributed by atoms with Crippen molar-refractivity contribution in [3.8, 4) is 17.0 Å². The summed E-state index contributed by atoms with van der Waals surface area (Å²) < 4.78 is 6.15. The topological polar surface area (TPSA) is 120 Å². The molecule has 0 spiro atoms. The first-order valence-electron chi connectivity index (χ1n) is 12.6. The highest BCUT2D eigenvalue weighted by atomic mass is 16.5. The van der Waals surface area contributed by atoms with Gasteiger partial charge < -0.3 is 25.0 Å². The quantitative estimate of drug-likeness (QED) is 0.467. The van der Waals surface area contributed by atoms with Gasteiger partial charge in [-0.25, -0.2) is 9.97 Å². The van der Waals surface area contributed by atoms with Crippen molar-refractivity contribution < 1.29 is 19.4 Å². The summed E-state index contributed by atoms with van der Waals surface area (Å²) >= 11 is 0. The van der Waals surface area contributed by atoms with Crippen molar-refractivity contribution >= 4 is 22.8 Å². The maximum absolute atomic E-state index is 13.4. The molecule has 2 aromatic heterocycles. The molecule has 3 aromatic rings. The Morgan fingerprint density at radius 1 is 1.25 bits per heavy atom. The van der Waals surface area contributed by atoms with Gasteiger partial charge in [0.1, 0.15) is 29.4 Å². The van der Waals surface area contributed by atoms with Crippen LogP contribution in [0, 0.1) is 25.7 Å². The molecule has 1 saturated heterocycles. The standard InChI is InChI=1S/C27H33N5O4/c1-14-5-8-21(36-12-18-6-7-18)19(9-14)23-25-24(29-13-28-23)22(16(3)30-25)26(34)31-20-11-32(10-15(20)2)27(35)17(4)33/h5,8-9,13,15,17-18,20,30,33H,6-7,10-12H2,1-4H3,(H,31,34)/t15-,17+,20-/m1/s1. The van der Waals surface area contributed by atoms with Gasteiger partial charge in [0.15, 0.2) is 0 Å². The van der Waals surface area contributed by atoms with Gasteiger partial charge in [-0.3, -0.25) is 9.59 Å². The maximum atomic E-state index is 13.4. The molecule has 3 N–H and O–H groups in total. The second-order valence-corrected chi connectivity index (χ2v) is 10.3. The lowest BCUT2D eigenvalue weighted by Crippen LogP contribution is -2.42. The van der Waals surface area contributed by atoms with Crippen LogP contribution >= 0.6 is 0 Å². The Morgan fingerprint density at radius 2 is 2.03 bits per heavy atom. The number of likely N-dealkylation sites (tertiary alicyclic amines) is 1. The fourth-order valence-electron chi connectivity index (χ4n) is 4.89. The number of ether oxygens (including phenoxy) is 1. The lowest BCUT2D eigenvalue weighted by Gasteiger charge is -2.18. The number of carbonyl (C=O) groups excluding carboxylic acids is 2. The van der Waals surface area contributed by atoms with Gasteiger partial charge in [0.05, 0.1) is 23.7 Å². The molecule has 190 valence electrons. The number of rotatable bonds is 7. The lowest BCUT2D eigenvalue weighted by molar-refractivity contribution is -0.138. The van der Waals surface area contributed by atoms with E-state index in [9.17, 15) is 14.7 Å². The minimum Gasteiger partial charge on any atom is -0.493 e. The molecule has 1 aromatic carbocycles. The monoisotopic (exact) mass is 491 g/mol. The zero-order chi connectivity index (χ0) is 25.6. The van der Waals surface area contributed by atoms with Gasteiger partial charge in [-0.15, -0.1) is 0 Å². The summed E-state index contributed by atoms with van der Waals surface area (Å²) in [6.07, 6.45) is 2.84. The lowest BCUT2D eigenvalue weighted by atomic mass is 10.0. The van der Waals surface area contributed by atoms with Crippen molar-refractivity contribution in [2.75, 3.05) is 19.7 Å². The Hall–Kier alpha value is -3.46. The van der Waals surface area contributed by atoms with Crippen LogP contribution in [-0.4, -0.2) is 68.6 Å². The Morgan fingerprint density at radius 3 is 2.75 bits per heavy atom. The molecule has 2 fully saturated rings. The normalized spacial score (nSPS) is 20.5. The van der Waals surface area contributed by atoms with Crippen molar-refractivity contribution in [3.63, 3.8) is 0 Å². The Bertz CT molecular complexity index is 1310. The highest BCUT2D eigenvalue weighted by molar-refractivity contribution is 6.09. The molecular weight excluding hydrogens is 458 g/mol. The van der Waals surface area contributed by atoms with Gasteiger partial charge in [-0.1, -0.05) is 18.6 Å². The van der Waals surface area contributed by atoms with E-state index in [1.165, 1.54) is 26.1 Å². The molecule has 2 aliphatic rings. The minimum atomic E-state index is -1.06. The molecule has 0 radical (unpaired) electrons. The van der Waals surface area contributed by atoms with Crippen molar-refractivity contribution in [2.24, 2.45) is 11.8 Å². The molecule has 3 atom stereocenters. The summed E-state index contributed by atoms with van der Waals surface area (Å²) in [5.41, 5.74) is 5.05. The SMILES string of the molecule is Cc1ccc(OCC2CC2)c(-c2ncnc3c(C(=O)N[C@@H]4CN(C(=O)[C@H](C)O)C[C@H]4C)c(C)[nH]c23)c1. The van der Waals surface area contributed by atoms with E-state index in [1.807, 2.05) is 39.0 Å². The first kappa shape index (κ1) is 24.2. The van der Waals surface area contributed by atoms with Crippen LogP contribution in [0.5, 0.6) is 5.75 Å². The van der Waals surface area contributed by atoms with E-state index < -0.39 is 6.10 Å². The van der Waals surface area contributed by atoms with Gasteiger partial charge >= 0.3 is 0 Å². The molecule has 5 rings (SSSR count). The maximum Gasteiger partial charge on any atom is 0.255 e. The van der Waals surface area contributed by atoms with Crippen molar-refractivity contribution in [3.05, 3.63) is 41.3 Å². The number of aromatic nitrogens is 3. The second-order valence-electron chi connectivity index (χ2n) is 10.3. The number of hydrogen-bond acceptors (Lipinski definition) is 6. The predicted octanol–water partition coefficient (Wildman–Crippen LogP) is 2.99. The number of aliphatic hydroxyl groups is 1. The second kappa shape index (κ2) is 9.54. The molecule has 9 nitrogen and oxygen atoms in total. The van der Waals surface area contributed by atoms with Crippen molar-refractivity contribution in [2.45, 2.75) is 52.7 Å². The number of nitrogens with zero attached hydrogens (tertiary/aromatic N) is 3. The van der Waals surface area contributed by atoms with Crippen LogP contribution < -0.4 is 10.1 Å². The number of aliphatic hydroxyl groups excluding tert-OH is 1. The van der Waals surface area contributed by atoms with Crippen LogP contribution in [0.1, 0.15) is 48.3 Å². The number of aromatic amines is 1. The molecular formula is C27H33N5O4. The summed E-state index contributed by atoms with van der Waals surface area (Å²) in [6, 6.07) is 5.84. The number of amides is 2. The fourth-order valence-corrected chi connectivity index (χ4v) is 4.89. The number of nitrogens with one attached hydrogen (secondary N) is 2. The van der Waals surface area contributed by atoms with Gasteiger partial charge in [-0.2, -0.15) is 0 Å². The van der Waals surface area contributed by atoms with E-state index in [-0.39, 0.29) is 23.8 Å². The summed E-state index contributed by atoms with van der Waals surface area (Å²) in [5, 5.41) is 12.7. The van der Waals surface area contributed by atoms with Crippen LogP contribution in [0.4, 0.5) is 0 Å². The smallest absolute Gasteiger partial charge is 0.255 e. The zero-order valence-electron chi connectivity index (χ0n) is 21.2. The van der Waals surface area contributed by atoms with Crippen LogP contribution in [0.15, 0.2) is 24.5 Å². The summed E-state index contributed by atoms with van der Waals surface area (Å²) in [7, 11) is 0. The predicted molar refractivity (Wildman–Crippen MR) is 136 cm³/mol. The average Bonchev–Trinajstić information content (AvgIpc) is 3.51. The number of benzene rings is 1. The van der Waals surface area contributed by atoms with Crippen LogP contribution in [-0.2, 0) is 4.79 Å². The molecule has 3 heterocycles. The Labute approximate surface area is 210 Å². The van der Waals surface area contributed by atoms with E-state index in [1.54, 1.807) is 4.90 Å². The third-order valence-electron chi connectivity index (χ3n) is 7.16. The van der Waals surface area contributed by atoms with E-state index in [4.69, 9.17) is 4.74 Å². The third kappa shape index (κ3) is 4.67. The number of carbonyl (C=O) groups is 2. The van der Waals surface area contributed by atoms with Crippen molar-refractivity contribution in [1.82, 2.24) is 25.2 Å². The third-order valence-corrected chi connectivity index (χ3v) is 7.16. The van der Waals surface area contributed by atoms with Gasteiger partial charge in [-0.05, 0) is 57.6 Å². The van der Waals surface area contributed by atoms with Crippen molar-refractivity contribution in [1.29, 1.82) is 0 Å². The largest absolute Gasteiger partial charge is 0.493 e. The van der Waals surface area contributed by atoms with Gasteiger partial charge in [0.25, 0.3) is 11.8 Å². The molecule has 1 aliphatic carbocycles. The van der Waals surface area contributed by atoms with Crippen LogP contribution in [0.25, 0.3) is 22.3 Å². The number of H-pyrrole nitrogens is 1. The fraction of sp³-hybridized carbons (Fsp3) is 0.481. The van der Waals surface area contributed by atoms with Gasteiger partial charge in [0, 0.05) is 24.3 Å².